The van der Waals surface area contributed by atoms with E-state index in [0.717, 1.165) is 11.1 Å². The third kappa shape index (κ3) is 5.10. The molecule has 0 radical (unpaired) electrons. The first-order chi connectivity index (χ1) is 15.4. The van der Waals surface area contributed by atoms with E-state index < -0.39 is 20.0 Å². The fraction of sp³-hybridized carbons (Fsp3) is 0.217. The second-order valence-electron chi connectivity index (χ2n) is 7.65. The monoisotopic (exact) mass is 508 g/mol. The molecule has 7 nitrogen and oxygen atoms in total. The molecule has 0 fully saturated rings. The zero-order valence-electron chi connectivity index (χ0n) is 18.9. The summed E-state index contributed by atoms with van der Waals surface area (Å²) in [7, 11) is -6.72. The van der Waals surface area contributed by atoms with Crippen LogP contribution in [0, 0.1) is 27.7 Å². The number of hydrogen-bond donors (Lipinski definition) is 2. The van der Waals surface area contributed by atoms with E-state index in [2.05, 4.69) is 9.44 Å². The van der Waals surface area contributed by atoms with E-state index in [-0.39, 0.29) is 26.2 Å². The number of anilines is 2. The predicted molar refractivity (Wildman–Crippen MR) is 131 cm³/mol. The molecule has 0 atom stereocenters. The van der Waals surface area contributed by atoms with Crippen LogP contribution in [0.5, 0.6) is 5.75 Å². The number of aryl methyl sites for hydroxylation is 2. The number of sulfonamides is 2. The van der Waals surface area contributed by atoms with Crippen LogP contribution in [0.25, 0.3) is 0 Å². The van der Waals surface area contributed by atoms with Gasteiger partial charge < -0.3 is 4.74 Å². The Morgan fingerprint density at radius 1 is 0.788 bits per heavy atom. The molecule has 0 aliphatic rings. The van der Waals surface area contributed by atoms with Crippen molar-refractivity contribution >= 4 is 43.0 Å². The van der Waals surface area contributed by atoms with Crippen LogP contribution in [0.2, 0.25) is 5.02 Å². The molecule has 0 aromatic heterocycles. The lowest BCUT2D eigenvalue weighted by Gasteiger charge is -2.17. The second kappa shape index (κ2) is 9.24. The maximum atomic E-state index is 13.2. The van der Waals surface area contributed by atoms with Crippen LogP contribution in [0.15, 0.2) is 58.3 Å². The topological polar surface area (TPSA) is 102 Å². The Morgan fingerprint density at radius 3 is 2.00 bits per heavy atom. The quantitative estimate of drug-likeness (QED) is 0.457. The normalized spacial score (nSPS) is 11.8. The van der Waals surface area contributed by atoms with Crippen LogP contribution >= 0.6 is 11.6 Å². The molecule has 33 heavy (non-hydrogen) atoms. The Kier molecular flexibility index (Phi) is 6.97. The molecule has 3 aromatic rings. The molecule has 0 spiro atoms. The number of ether oxygens (including phenoxy) is 1. The summed E-state index contributed by atoms with van der Waals surface area (Å²) in [5, 5.41) is -0.0564. The van der Waals surface area contributed by atoms with Gasteiger partial charge in [-0.1, -0.05) is 29.8 Å². The Balaban J connectivity index is 2.02. The molecule has 0 bridgehead atoms. The molecule has 0 saturated heterocycles. The standard InChI is InChI=1S/C23H25ClN2O5S2/c1-14-12-15(2)17(4)23(16(14)3)33(29,30)25-18-10-11-19(24)22(13-18)32(27,28)26-20-8-6-7-9-21(20)31-5/h6-13,25-26H,1-5H3. The molecule has 0 aliphatic heterocycles. The molecule has 0 heterocycles. The van der Waals surface area contributed by atoms with E-state index in [9.17, 15) is 16.8 Å². The van der Waals surface area contributed by atoms with Crippen LogP contribution in [-0.2, 0) is 20.0 Å². The Morgan fingerprint density at radius 2 is 1.39 bits per heavy atom. The summed E-state index contributed by atoms with van der Waals surface area (Å²) in [6, 6.07) is 12.4. The Bertz CT molecular complexity index is 1410. The van der Waals surface area contributed by atoms with Gasteiger partial charge in [0.2, 0.25) is 0 Å². The lowest BCUT2D eigenvalue weighted by atomic mass is 10.0. The third-order valence-corrected chi connectivity index (χ3v) is 8.89. The molecule has 0 aliphatic carbocycles. The number of rotatable bonds is 7. The summed E-state index contributed by atoms with van der Waals surface area (Å²) in [6.07, 6.45) is 0. The van der Waals surface area contributed by atoms with Crippen LogP contribution in [0.3, 0.4) is 0 Å². The second-order valence-corrected chi connectivity index (χ2v) is 11.3. The van der Waals surface area contributed by atoms with Crippen molar-refractivity contribution in [3.63, 3.8) is 0 Å². The molecule has 10 heteroatoms. The molecular formula is C23H25ClN2O5S2. The summed E-state index contributed by atoms with van der Waals surface area (Å²) in [4.78, 5) is -0.101. The smallest absolute Gasteiger partial charge is 0.263 e. The van der Waals surface area contributed by atoms with E-state index in [1.807, 2.05) is 19.9 Å². The first-order valence-corrected chi connectivity index (χ1v) is 13.3. The highest BCUT2D eigenvalue weighted by Gasteiger charge is 2.25. The largest absolute Gasteiger partial charge is 0.495 e. The number of para-hydroxylation sites is 2. The van der Waals surface area contributed by atoms with Gasteiger partial charge in [0, 0.05) is 0 Å². The Labute approximate surface area is 199 Å². The van der Waals surface area contributed by atoms with Gasteiger partial charge >= 0.3 is 0 Å². The molecule has 0 saturated carbocycles. The summed E-state index contributed by atoms with van der Waals surface area (Å²) >= 11 is 6.17. The number of methoxy groups -OCH3 is 1. The minimum absolute atomic E-state index is 0.0564. The minimum atomic E-state index is -4.15. The molecular weight excluding hydrogens is 484 g/mol. The van der Waals surface area contributed by atoms with Gasteiger partial charge in [0.15, 0.2) is 0 Å². The molecule has 0 unspecified atom stereocenters. The van der Waals surface area contributed by atoms with Crippen LogP contribution < -0.4 is 14.2 Å². The Hall–Kier alpha value is -2.75. The maximum absolute atomic E-state index is 13.2. The average molecular weight is 509 g/mol. The molecule has 3 aromatic carbocycles. The third-order valence-electron chi connectivity index (χ3n) is 5.39. The maximum Gasteiger partial charge on any atom is 0.263 e. The fourth-order valence-electron chi connectivity index (χ4n) is 3.49. The van der Waals surface area contributed by atoms with Crippen LogP contribution in [0.4, 0.5) is 11.4 Å². The van der Waals surface area contributed by atoms with Gasteiger partial charge in [0.1, 0.15) is 10.6 Å². The van der Waals surface area contributed by atoms with Crippen molar-refractivity contribution in [1.82, 2.24) is 0 Å². The SMILES string of the molecule is COc1ccccc1NS(=O)(=O)c1cc(NS(=O)(=O)c2c(C)c(C)cc(C)c2C)ccc1Cl. The van der Waals surface area contributed by atoms with E-state index in [0.29, 0.717) is 16.9 Å². The van der Waals surface area contributed by atoms with E-state index in [1.54, 1.807) is 38.1 Å². The summed E-state index contributed by atoms with van der Waals surface area (Å²) in [5.74, 6) is 0.329. The van der Waals surface area contributed by atoms with Gasteiger partial charge in [-0.25, -0.2) is 16.8 Å². The predicted octanol–water partition coefficient (Wildman–Crippen LogP) is 5.18. The number of benzene rings is 3. The van der Waals surface area contributed by atoms with Gasteiger partial charge in [0.25, 0.3) is 20.0 Å². The average Bonchev–Trinajstić information content (AvgIpc) is 2.73. The van der Waals surface area contributed by atoms with Crippen LogP contribution in [0.1, 0.15) is 22.3 Å². The van der Waals surface area contributed by atoms with Crippen molar-refractivity contribution in [3.05, 3.63) is 75.8 Å². The highest BCUT2D eigenvalue weighted by molar-refractivity contribution is 7.93. The van der Waals surface area contributed by atoms with Crippen molar-refractivity contribution < 1.29 is 21.6 Å². The molecule has 0 amide bonds. The van der Waals surface area contributed by atoms with Crippen molar-refractivity contribution in [3.8, 4) is 5.75 Å². The van der Waals surface area contributed by atoms with Crippen molar-refractivity contribution in [2.45, 2.75) is 37.5 Å². The summed E-state index contributed by atoms with van der Waals surface area (Å²) in [6.45, 7) is 7.17. The van der Waals surface area contributed by atoms with Gasteiger partial charge in [0.05, 0.1) is 28.4 Å². The van der Waals surface area contributed by atoms with Gasteiger partial charge in [-0.15, -0.1) is 0 Å². The summed E-state index contributed by atoms with van der Waals surface area (Å²) < 4.78 is 62.7. The number of hydrogen-bond acceptors (Lipinski definition) is 5. The zero-order chi connectivity index (χ0) is 24.6. The molecule has 2 N–H and O–H groups in total. The number of nitrogens with one attached hydrogen (secondary N) is 2. The highest BCUT2D eigenvalue weighted by Crippen LogP contribution is 2.32. The number of halogens is 1. The lowest BCUT2D eigenvalue weighted by molar-refractivity contribution is 0.417. The van der Waals surface area contributed by atoms with Crippen molar-refractivity contribution in [1.29, 1.82) is 0 Å². The minimum Gasteiger partial charge on any atom is -0.495 e. The first-order valence-electron chi connectivity index (χ1n) is 9.93. The lowest BCUT2D eigenvalue weighted by Crippen LogP contribution is -2.18. The van der Waals surface area contributed by atoms with Gasteiger partial charge in [-0.2, -0.15) is 0 Å². The molecule has 3 rings (SSSR count). The first kappa shape index (κ1) is 24.9. The van der Waals surface area contributed by atoms with E-state index in [4.69, 9.17) is 16.3 Å². The van der Waals surface area contributed by atoms with Crippen molar-refractivity contribution in [2.24, 2.45) is 0 Å². The fourth-order valence-corrected chi connectivity index (χ4v) is 6.76. The summed E-state index contributed by atoms with van der Waals surface area (Å²) in [5.41, 5.74) is 3.24. The highest BCUT2D eigenvalue weighted by atomic mass is 35.5. The van der Waals surface area contributed by atoms with E-state index >= 15 is 0 Å². The van der Waals surface area contributed by atoms with Gasteiger partial charge in [-0.3, -0.25) is 9.44 Å². The van der Waals surface area contributed by atoms with Crippen LogP contribution in [-0.4, -0.2) is 23.9 Å². The zero-order valence-corrected chi connectivity index (χ0v) is 21.2. The van der Waals surface area contributed by atoms with E-state index in [1.165, 1.54) is 25.3 Å². The van der Waals surface area contributed by atoms with Gasteiger partial charge in [-0.05, 0) is 80.3 Å². The van der Waals surface area contributed by atoms with Crippen molar-refractivity contribution in [2.75, 3.05) is 16.6 Å². The molecule has 176 valence electrons.